The topological polar surface area (TPSA) is 17.1 Å². The largest absolute Gasteiger partial charge is 0.320 e. The smallest absolute Gasteiger partial charge is 0.106 e. The Morgan fingerprint density at radius 2 is 1.78 bits per heavy atom. The van der Waals surface area contributed by atoms with Crippen LogP contribution < -0.4 is 0 Å². The SMILES string of the molecule is CC1CCC2C(CCC3C2CCC2(C)C(P(C)(C)=O)=CCC32)C1. The van der Waals surface area contributed by atoms with Crippen LogP contribution in [-0.4, -0.2) is 13.3 Å². The van der Waals surface area contributed by atoms with Crippen LogP contribution in [0.25, 0.3) is 0 Å². The zero-order valence-corrected chi connectivity index (χ0v) is 16.4. The molecule has 0 aromatic carbocycles. The van der Waals surface area contributed by atoms with Gasteiger partial charge in [0, 0.05) is 0 Å². The van der Waals surface area contributed by atoms with Gasteiger partial charge in [-0.2, -0.15) is 0 Å². The van der Waals surface area contributed by atoms with Crippen LogP contribution in [0.15, 0.2) is 11.4 Å². The van der Waals surface area contributed by atoms with Gasteiger partial charge >= 0.3 is 0 Å². The van der Waals surface area contributed by atoms with Crippen LogP contribution in [0.3, 0.4) is 0 Å². The minimum atomic E-state index is -2.09. The summed E-state index contributed by atoms with van der Waals surface area (Å²) in [5.74, 6) is 5.72. The molecule has 0 amide bonds. The molecule has 4 aliphatic rings. The molecule has 0 aliphatic heterocycles. The summed E-state index contributed by atoms with van der Waals surface area (Å²) >= 11 is 0. The molecule has 4 rings (SSSR count). The highest BCUT2D eigenvalue weighted by atomic mass is 31.2. The van der Waals surface area contributed by atoms with Crippen LogP contribution in [0.5, 0.6) is 0 Å². The molecule has 0 heterocycles. The maximum Gasteiger partial charge on any atom is 0.106 e. The van der Waals surface area contributed by atoms with E-state index in [2.05, 4.69) is 19.9 Å². The maximum atomic E-state index is 12.8. The standard InChI is InChI=1S/C21H35OP/c1-14-5-7-16-15(13-14)6-8-18-17(16)11-12-21(2)19(18)9-10-20(21)23(3,4)22/h10,14-19H,5-9,11-13H2,1-4H3. The van der Waals surface area contributed by atoms with Crippen molar-refractivity contribution in [1.82, 2.24) is 0 Å². The van der Waals surface area contributed by atoms with Crippen LogP contribution in [-0.2, 0) is 4.57 Å². The minimum Gasteiger partial charge on any atom is -0.320 e. The Morgan fingerprint density at radius 3 is 2.52 bits per heavy atom. The Labute approximate surface area is 143 Å². The first-order valence-electron chi connectivity index (χ1n) is 10.1. The lowest BCUT2D eigenvalue weighted by molar-refractivity contribution is -0.0477. The summed E-state index contributed by atoms with van der Waals surface area (Å²) in [5, 5.41) is 1.35. The first-order valence-corrected chi connectivity index (χ1v) is 12.7. The second-order valence-electron chi connectivity index (χ2n) is 9.99. The van der Waals surface area contributed by atoms with Gasteiger partial charge in [-0.25, -0.2) is 0 Å². The van der Waals surface area contributed by atoms with E-state index >= 15 is 0 Å². The average Bonchev–Trinajstić information content (AvgIpc) is 2.84. The Bertz CT molecular complexity index is 558. The lowest BCUT2D eigenvalue weighted by Gasteiger charge is -2.56. The van der Waals surface area contributed by atoms with Crippen LogP contribution >= 0.6 is 7.14 Å². The lowest BCUT2D eigenvalue weighted by Crippen LogP contribution is -2.47. The third-order valence-corrected chi connectivity index (χ3v) is 10.2. The summed E-state index contributed by atoms with van der Waals surface area (Å²) in [4.78, 5) is 0. The molecule has 2 heteroatoms. The van der Waals surface area contributed by atoms with E-state index in [-0.39, 0.29) is 5.41 Å². The van der Waals surface area contributed by atoms with Crippen molar-refractivity contribution in [3.05, 3.63) is 11.4 Å². The van der Waals surface area contributed by atoms with Crippen molar-refractivity contribution >= 4 is 7.14 Å². The highest BCUT2D eigenvalue weighted by molar-refractivity contribution is 7.66. The Morgan fingerprint density at radius 1 is 1.04 bits per heavy atom. The highest BCUT2D eigenvalue weighted by Crippen LogP contribution is 2.69. The number of rotatable bonds is 1. The van der Waals surface area contributed by atoms with Crippen molar-refractivity contribution in [2.24, 2.45) is 40.9 Å². The van der Waals surface area contributed by atoms with Gasteiger partial charge in [-0.1, -0.05) is 26.3 Å². The molecule has 0 radical (unpaired) electrons. The predicted octanol–water partition coefficient (Wildman–Crippen LogP) is 6.39. The van der Waals surface area contributed by atoms with E-state index in [1.165, 1.54) is 56.7 Å². The molecule has 3 fully saturated rings. The first kappa shape index (κ1) is 16.4. The monoisotopic (exact) mass is 334 g/mol. The summed E-state index contributed by atoms with van der Waals surface area (Å²) < 4.78 is 12.8. The third kappa shape index (κ3) is 2.52. The summed E-state index contributed by atoms with van der Waals surface area (Å²) in [5.41, 5.74) is 0.259. The quantitative estimate of drug-likeness (QED) is 0.508. The van der Waals surface area contributed by atoms with Crippen LogP contribution in [0.1, 0.15) is 65.2 Å². The number of allylic oxidation sites excluding steroid dienone is 2. The Kier molecular flexibility index (Phi) is 3.92. The predicted molar refractivity (Wildman–Crippen MR) is 99.2 cm³/mol. The molecule has 0 aromatic rings. The minimum absolute atomic E-state index is 0.259. The van der Waals surface area contributed by atoms with Gasteiger partial charge in [-0.15, -0.1) is 0 Å². The summed E-state index contributed by atoms with van der Waals surface area (Å²) in [7, 11) is -2.09. The van der Waals surface area contributed by atoms with E-state index in [0.29, 0.717) is 0 Å². The molecule has 7 atom stereocenters. The molecule has 4 aliphatic carbocycles. The summed E-state index contributed by atoms with van der Waals surface area (Å²) in [6, 6.07) is 0. The zero-order chi connectivity index (χ0) is 16.4. The molecule has 130 valence electrons. The Hall–Kier alpha value is -0.0300. The van der Waals surface area contributed by atoms with Crippen LogP contribution in [0, 0.1) is 40.9 Å². The summed E-state index contributed by atoms with van der Waals surface area (Å²) in [6.07, 6.45) is 13.7. The van der Waals surface area contributed by atoms with Crippen molar-refractivity contribution in [3.8, 4) is 0 Å². The van der Waals surface area contributed by atoms with Crippen LogP contribution in [0.2, 0.25) is 0 Å². The van der Waals surface area contributed by atoms with Gasteiger partial charge in [0.25, 0.3) is 0 Å². The molecule has 0 saturated heterocycles. The van der Waals surface area contributed by atoms with Gasteiger partial charge in [0.15, 0.2) is 0 Å². The van der Waals surface area contributed by atoms with Crippen molar-refractivity contribution < 1.29 is 4.57 Å². The van der Waals surface area contributed by atoms with Crippen molar-refractivity contribution in [1.29, 1.82) is 0 Å². The maximum absolute atomic E-state index is 12.8. The van der Waals surface area contributed by atoms with Gasteiger partial charge in [-0.3, -0.25) is 0 Å². The molecular weight excluding hydrogens is 299 g/mol. The fourth-order valence-corrected chi connectivity index (χ4v) is 9.52. The second-order valence-corrected chi connectivity index (χ2v) is 13.2. The van der Waals surface area contributed by atoms with E-state index < -0.39 is 7.14 Å². The second kappa shape index (κ2) is 5.48. The summed E-state index contributed by atoms with van der Waals surface area (Å²) in [6.45, 7) is 8.92. The van der Waals surface area contributed by atoms with E-state index in [1.54, 1.807) is 0 Å². The van der Waals surface area contributed by atoms with E-state index in [0.717, 1.165) is 35.5 Å². The molecule has 0 N–H and O–H groups in total. The van der Waals surface area contributed by atoms with E-state index in [4.69, 9.17) is 0 Å². The zero-order valence-electron chi connectivity index (χ0n) is 15.6. The number of hydrogen-bond donors (Lipinski definition) is 0. The van der Waals surface area contributed by atoms with Gasteiger partial charge < -0.3 is 4.57 Å². The van der Waals surface area contributed by atoms with E-state index in [9.17, 15) is 4.57 Å². The molecular formula is C21H35OP. The number of fused-ring (bicyclic) bond motifs is 5. The number of hydrogen-bond acceptors (Lipinski definition) is 1. The molecule has 0 spiro atoms. The molecule has 1 nitrogen and oxygen atoms in total. The fourth-order valence-electron chi connectivity index (χ4n) is 7.47. The highest BCUT2D eigenvalue weighted by Gasteiger charge is 2.55. The van der Waals surface area contributed by atoms with Crippen molar-refractivity contribution in [3.63, 3.8) is 0 Å². The van der Waals surface area contributed by atoms with Crippen LogP contribution in [0.4, 0.5) is 0 Å². The van der Waals surface area contributed by atoms with Gasteiger partial charge in [0.2, 0.25) is 0 Å². The normalized spacial score (nSPS) is 49.8. The Balaban J connectivity index is 1.58. The fraction of sp³-hybridized carbons (Fsp3) is 0.905. The third-order valence-electron chi connectivity index (χ3n) is 8.34. The van der Waals surface area contributed by atoms with Gasteiger partial charge in [0.1, 0.15) is 7.14 Å². The molecule has 7 unspecified atom stereocenters. The molecule has 0 bridgehead atoms. The van der Waals surface area contributed by atoms with Crippen molar-refractivity contribution in [2.45, 2.75) is 65.2 Å². The molecule has 23 heavy (non-hydrogen) atoms. The van der Waals surface area contributed by atoms with Gasteiger partial charge in [-0.05, 0) is 105 Å². The molecule has 0 aromatic heterocycles. The van der Waals surface area contributed by atoms with Crippen molar-refractivity contribution in [2.75, 3.05) is 13.3 Å². The lowest BCUT2D eigenvalue weighted by atomic mass is 9.50. The molecule has 3 saturated carbocycles. The van der Waals surface area contributed by atoms with E-state index in [1.807, 2.05) is 13.3 Å². The van der Waals surface area contributed by atoms with Gasteiger partial charge in [0.05, 0.1) is 0 Å². The first-order chi connectivity index (χ1) is 10.8. The average molecular weight is 334 g/mol.